The van der Waals surface area contributed by atoms with Crippen molar-refractivity contribution in [3.8, 4) is 17.2 Å². The van der Waals surface area contributed by atoms with E-state index in [0.717, 1.165) is 17.7 Å². The number of anilines is 1. The van der Waals surface area contributed by atoms with E-state index in [1.54, 1.807) is 23.2 Å². The van der Waals surface area contributed by atoms with Crippen molar-refractivity contribution in [1.82, 2.24) is 9.88 Å². The molecule has 6 heteroatoms. The van der Waals surface area contributed by atoms with E-state index < -0.39 is 0 Å². The molecule has 1 amide bonds. The Morgan fingerprint density at radius 1 is 1.30 bits per heavy atom. The molecule has 2 aliphatic heterocycles. The van der Waals surface area contributed by atoms with E-state index in [0.29, 0.717) is 17.3 Å². The monoisotopic (exact) mass is 269 g/mol. The highest BCUT2D eigenvalue weighted by molar-refractivity contribution is 5.61. The summed E-state index contributed by atoms with van der Waals surface area (Å²) in [7, 11) is 0. The lowest BCUT2D eigenvalue weighted by atomic mass is 10.1. The lowest BCUT2D eigenvalue weighted by molar-refractivity contribution is -0.115. The number of hydrogen-bond acceptors (Lipinski definition) is 5. The second-order valence-electron chi connectivity index (χ2n) is 4.72. The zero-order valence-corrected chi connectivity index (χ0v) is 10.4. The van der Waals surface area contributed by atoms with E-state index in [2.05, 4.69) is 4.98 Å². The van der Waals surface area contributed by atoms with E-state index >= 15 is 0 Å². The number of rotatable bonds is 3. The third-order valence-electron chi connectivity index (χ3n) is 3.45. The van der Waals surface area contributed by atoms with E-state index in [9.17, 15) is 4.79 Å². The fourth-order valence-electron chi connectivity index (χ4n) is 2.48. The van der Waals surface area contributed by atoms with Crippen LogP contribution in [0, 0.1) is 0 Å². The normalized spacial score (nSPS) is 21.7. The van der Waals surface area contributed by atoms with Gasteiger partial charge >= 0.3 is 0 Å². The largest absolute Gasteiger partial charge is 0.467 e. The maximum absolute atomic E-state index is 10.8. The van der Waals surface area contributed by atoms with Gasteiger partial charge in [-0.05, 0) is 24.3 Å². The average molecular weight is 269 g/mol. The first-order valence-electron chi connectivity index (χ1n) is 6.19. The molecule has 100 valence electrons. The minimum Gasteiger partial charge on any atom is -0.467 e. The van der Waals surface area contributed by atoms with Gasteiger partial charge in [0.05, 0.1) is 0 Å². The van der Waals surface area contributed by atoms with Crippen LogP contribution >= 0.6 is 0 Å². The summed E-state index contributed by atoms with van der Waals surface area (Å²) in [5.41, 5.74) is 6.58. The molecule has 6 nitrogen and oxygen atoms in total. The lowest BCUT2D eigenvalue weighted by Crippen LogP contribution is -2.06. The molecule has 0 aliphatic carbocycles. The van der Waals surface area contributed by atoms with Gasteiger partial charge in [-0.1, -0.05) is 0 Å². The highest BCUT2D eigenvalue weighted by Crippen LogP contribution is 2.53. The Balaban J connectivity index is 1.62. The molecule has 1 fully saturated rings. The molecule has 2 aliphatic rings. The van der Waals surface area contributed by atoms with Crippen molar-refractivity contribution in [2.45, 2.75) is 12.3 Å². The number of carbonyl (C=O) groups excluding carboxylic acids is 1. The summed E-state index contributed by atoms with van der Waals surface area (Å²) in [6.45, 7) is 0. The van der Waals surface area contributed by atoms with Gasteiger partial charge in [0, 0.05) is 17.8 Å². The number of hydrogen-bond donors (Lipinski definition) is 1. The van der Waals surface area contributed by atoms with Crippen LogP contribution in [-0.2, 0) is 4.79 Å². The Hall–Kier alpha value is -2.76. The summed E-state index contributed by atoms with van der Waals surface area (Å²) in [6, 6.07) is 8.98. The highest BCUT2D eigenvalue weighted by atomic mass is 16.5. The van der Waals surface area contributed by atoms with Gasteiger partial charge in [0.1, 0.15) is 29.1 Å². The fourth-order valence-corrected chi connectivity index (χ4v) is 2.48. The number of carbonyl (C=O) groups is 1. The predicted octanol–water partition coefficient (Wildman–Crippen LogP) is 1.69. The molecule has 20 heavy (non-hydrogen) atoms. The number of pyridine rings is 1. The Bertz CT molecular complexity index is 704. The highest BCUT2D eigenvalue weighted by Gasteiger charge is 2.56. The Kier molecular flexibility index (Phi) is 2.14. The van der Waals surface area contributed by atoms with Crippen LogP contribution in [0.1, 0.15) is 11.6 Å². The quantitative estimate of drug-likeness (QED) is 0.677. The number of fused-ring (bicyclic) bond motifs is 3. The number of nitrogen functional groups attached to an aromatic ring is 1. The molecule has 0 bridgehead atoms. The number of aromatic nitrogens is 1. The zero-order chi connectivity index (χ0) is 13.7. The Morgan fingerprint density at radius 2 is 2.15 bits per heavy atom. The number of amides is 1. The van der Waals surface area contributed by atoms with Gasteiger partial charge in [-0.2, -0.15) is 0 Å². The molecule has 2 atom stereocenters. The van der Waals surface area contributed by atoms with Crippen molar-refractivity contribution in [2.24, 2.45) is 0 Å². The molecule has 0 spiro atoms. The standard InChI is InChI=1S/C14H11N3O3/c15-12-6-9(3-4-16-12)19-8-1-2-11-10(5-8)13-14(20-11)17(13)7-18/h1-7,13-14H,(H2,15,16). The summed E-state index contributed by atoms with van der Waals surface area (Å²) in [5, 5.41) is 0. The van der Waals surface area contributed by atoms with Crippen LogP contribution in [0.15, 0.2) is 36.5 Å². The summed E-state index contributed by atoms with van der Waals surface area (Å²) < 4.78 is 11.4. The first-order valence-corrected chi connectivity index (χ1v) is 6.19. The fraction of sp³-hybridized carbons (Fsp3) is 0.143. The average Bonchev–Trinajstić information content (AvgIpc) is 3.01. The van der Waals surface area contributed by atoms with Crippen molar-refractivity contribution >= 4 is 12.2 Å². The van der Waals surface area contributed by atoms with Crippen molar-refractivity contribution < 1.29 is 14.3 Å². The van der Waals surface area contributed by atoms with Gasteiger partial charge in [0.25, 0.3) is 0 Å². The predicted molar refractivity (Wildman–Crippen MR) is 70.2 cm³/mol. The van der Waals surface area contributed by atoms with Crippen LogP contribution in [0.3, 0.4) is 0 Å². The number of ether oxygens (including phenoxy) is 2. The minimum absolute atomic E-state index is 0.0218. The first-order chi connectivity index (χ1) is 9.76. The second kappa shape index (κ2) is 3.86. The van der Waals surface area contributed by atoms with Gasteiger partial charge in [-0.25, -0.2) is 4.98 Å². The van der Waals surface area contributed by atoms with E-state index in [1.165, 1.54) is 0 Å². The first kappa shape index (κ1) is 11.1. The van der Waals surface area contributed by atoms with Gasteiger partial charge < -0.3 is 15.2 Å². The number of benzene rings is 1. The summed E-state index contributed by atoms with van der Waals surface area (Å²) in [5.74, 6) is 2.51. The molecule has 2 N–H and O–H groups in total. The van der Waals surface area contributed by atoms with Crippen LogP contribution in [-0.4, -0.2) is 22.5 Å². The van der Waals surface area contributed by atoms with Crippen LogP contribution in [0.25, 0.3) is 0 Å². The van der Waals surface area contributed by atoms with Gasteiger partial charge in [0.2, 0.25) is 6.41 Å². The van der Waals surface area contributed by atoms with Crippen LogP contribution < -0.4 is 15.2 Å². The Labute approximate surface area is 114 Å². The molecule has 1 aromatic heterocycles. The van der Waals surface area contributed by atoms with Gasteiger partial charge in [-0.3, -0.25) is 9.69 Å². The van der Waals surface area contributed by atoms with Crippen molar-refractivity contribution in [2.75, 3.05) is 5.73 Å². The molecule has 0 saturated carbocycles. The topological polar surface area (TPSA) is 77.5 Å². The second-order valence-corrected chi connectivity index (χ2v) is 4.72. The molecule has 2 unspecified atom stereocenters. The van der Waals surface area contributed by atoms with Gasteiger partial charge in [-0.15, -0.1) is 0 Å². The Morgan fingerprint density at radius 3 is 2.95 bits per heavy atom. The molecule has 1 saturated heterocycles. The third kappa shape index (κ3) is 1.58. The maximum atomic E-state index is 10.8. The number of nitrogens with two attached hydrogens (primary N) is 1. The van der Waals surface area contributed by atoms with Crippen LogP contribution in [0.4, 0.5) is 5.82 Å². The van der Waals surface area contributed by atoms with E-state index in [4.69, 9.17) is 15.2 Å². The summed E-state index contributed by atoms with van der Waals surface area (Å²) >= 11 is 0. The van der Waals surface area contributed by atoms with Crippen molar-refractivity contribution in [1.29, 1.82) is 0 Å². The maximum Gasteiger partial charge on any atom is 0.213 e. The molecule has 2 aromatic rings. The molecule has 1 aromatic carbocycles. The SMILES string of the molecule is Nc1cc(Oc2ccc3c(c2)C2C(O3)N2C=O)ccn1. The van der Waals surface area contributed by atoms with E-state index in [1.807, 2.05) is 18.2 Å². The molecule has 4 rings (SSSR count). The molecule has 3 heterocycles. The van der Waals surface area contributed by atoms with Crippen LogP contribution in [0.2, 0.25) is 0 Å². The minimum atomic E-state index is -0.144. The van der Waals surface area contributed by atoms with Crippen molar-refractivity contribution in [3.63, 3.8) is 0 Å². The van der Waals surface area contributed by atoms with E-state index in [-0.39, 0.29) is 12.3 Å². The number of nitrogens with zero attached hydrogens (tertiary/aromatic N) is 2. The van der Waals surface area contributed by atoms with Crippen molar-refractivity contribution in [3.05, 3.63) is 42.1 Å². The smallest absolute Gasteiger partial charge is 0.213 e. The summed E-state index contributed by atoms with van der Waals surface area (Å²) in [4.78, 5) is 16.3. The molecule has 0 radical (unpaired) electrons. The summed E-state index contributed by atoms with van der Waals surface area (Å²) in [6.07, 6.45) is 2.25. The van der Waals surface area contributed by atoms with Crippen LogP contribution in [0.5, 0.6) is 17.2 Å². The van der Waals surface area contributed by atoms with Gasteiger partial charge in [0.15, 0.2) is 6.23 Å². The molecular weight excluding hydrogens is 258 g/mol. The molecular formula is C14H11N3O3. The lowest BCUT2D eigenvalue weighted by Gasteiger charge is -2.10. The zero-order valence-electron chi connectivity index (χ0n) is 10.4. The third-order valence-corrected chi connectivity index (χ3v) is 3.45.